The van der Waals surface area contributed by atoms with Gasteiger partial charge in [-0.25, -0.2) is 0 Å². The summed E-state index contributed by atoms with van der Waals surface area (Å²) in [7, 11) is 1.61. The van der Waals surface area contributed by atoms with Crippen molar-refractivity contribution in [1.29, 1.82) is 0 Å². The van der Waals surface area contributed by atoms with E-state index >= 15 is 0 Å². The van der Waals surface area contributed by atoms with Crippen LogP contribution in [0.2, 0.25) is 0 Å². The molecule has 0 aliphatic heterocycles. The van der Waals surface area contributed by atoms with Crippen molar-refractivity contribution in [3.05, 3.63) is 18.2 Å². The van der Waals surface area contributed by atoms with Crippen LogP contribution in [0.15, 0.2) is 18.2 Å². The van der Waals surface area contributed by atoms with Gasteiger partial charge >= 0.3 is 0 Å². The maximum Gasteiger partial charge on any atom is 0.214 e. The quantitative estimate of drug-likeness (QED) is 0.698. The van der Waals surface area contributed by atoms with Gasteiger partial charge in [0.15, 0.2) is 0 Å². The van der Waals surface area contributed by atoms with Crippen LogP contribution in [-0.2, 0) is 4.74 Å². The van der Waals surface area contributed by atoms with E-state index in [4.69, 9.17) is 9.47 Å². The molecule has 1 heterocycles. The Morgan fingerprint density at radius 1 is 1.40 bits per heavy atom. The van der Waals surface area contributed by atoms with E-state index in [0.717, 1.165) is 32.0 Å². The van der Waals surface area contributed by atoms with E-state index < -0.39 is 0 Å². The lowest BCUT2D eigenvalue weighted by Gasteiger charge is -2.06. The van der Waals surface area contributed by atoms with Crippen molar-refractivity contribution in [3.8, 4) is 5.88 Å². The van der Waals surface area contributed by atoms with Gasteiger partial charge in [-0.15, -0.1) is 0 Å². The zero-order valence-corrected chi connectivity index (χ0v) is 9.32. The first-order valence-electron chi connectivity index (χ1n) is 5.19. The maximum absolute atomic E-state index is 5.23. The smallest absolute Gasteiger partial charge is 0.214 e. The average Bonchev–Trinajstić information content (AvgIpc) is 2.29. The molecule has 0 radical (unpaired) electrons. The van der Waals surface area contributed by atoms with Crippen molar-refractivity contribution >= 4 is 5.82 Å². The SMILES string of the molecule is CCOCCCNc1cccc(OC)n1. The summed E-state index contributed by atoms with van der Waals surface area (Å²) >= 11 is 0. The maximum atomic E-state index is 5.23. The third kappa shape index (κ3) is 4.65. The summed E-state index contributed by atoms with van der Waals surface area (Å²) in [6.45, 7) is 4.42. The number of nitrogens with zero attached hydrogens (tertiary/aromatic N) is 1. The highest BCUT2D eigenvalue weighted by Gasteiger charge is 1.95. The number of aromatic nitrogens is 1. The number of rotatable bonds is 7. The first-order chi connectivity index (χ1) is 7.36. The van der Waals surface area contributed by atoms with Gasteiger partial charge in [0, 0.05) is 25.8 Å². The number of pyridine rings is 1. The van der Waals surface area contributed by atoms with Crippen molar-refractivity contribution < 1.29 is 9.47 Å². The summed E-state index contributed by atoms with van der Waals surface area (Å²) in [5, 5.41) is 3.21. The Morgan fingerprint density at radius 2 is 2.27 bits per heavy atom. The summed E-state index contributed by atoms with van der Waals surface area (Å²) in [4.78, 5) is 4.23. The van der Waals surface area contributed by atoms with Crippen molar-refractivity contribution in [2.45, 2.75) is 13.3 Å². The molecule has 84 valence electrons. The largest absolute Gasteiger partial charge is 0.481 e. The zero-order valence-electron chi connectivity index (χ0n) is 9.32. The molecule has 0 unspecified atom stereocenters. The first kappa shape index (κ1) is 11.8. The molecule has 4 heteroatoms. The molecule has 0 bridgehead atoms. The molecule has 0 fully saturated rings. The Labute approximate surface area is 90.6 Å². The van der Waals surface area contributed by atoms with Gasteiger partial charge in [-0.05, 0) is 19.4 Å². The Balaban J connectivity index is 2.24. The van der Waals surface area contributed by atoms with Crippen molar-refractivity contribution in [1.82, 2.24) is 4.98 Å². The van der Waals surface area contributed by atoms with Crippen LogP contribution < -0.4 is 10.1 Å². The molecule has 1 rings (SSSR count). The number of nitrogens with one attached hydrogen (secondary N) is 1. The molecule has 0 amide bonds. The fourth-order valence-corrected chi connectivity index (χ4v) is 1.16. The minimum Gasteiger partial charge on any atom is -0.481 e. The van der Waals surface area contributed by atoms with Gasteiger partial charge in [-0.3, -0.25) is 0 Å². The second-order valence-electron chi connectivity index (χ2n) is 3.04. The molecule has 1 N–H and O–H groups in total. The van der Waals surface area contributed by atoms with Gasteiger partial charge in [0.2, 0.25) is 5.88 Å². The minimum absolute atomic E-state index is 0.629. The number of methoxy groups -OCH3 is 1. The third-order valence-corrected chi connectivity index (χ3v) is 1.91. The predicted molar refractivity (Wildman–Crippen MR) is 60.4 cm³/mol. The summed E-state index contributed by atoms with van der Waals surface area (Å²) in [5.74, 6) is 1.47. The van der Waals surface area contributed by atoms with Crippen LogP contribution in [0, 0.1) is 0 Å². The van der Waals surface area contributed by atoms with E-state index in [1.54, 1.807) is 7.11 Å². The van der Waals surface area contributed by atoms with Crippen LogP contribution in [0.1, 0.15) is 13.3 Å². The third-order valence-electron chi connectivity index (χ3n) is 1.91. The fraction of sp³-hybridized carbons (Fsp3) is 0.545. The van der Waals surface area contributed by atoms with E-state index in [2.05, 4.69) is 10.3 Å². The van der Waals surface area contributed by atoms with Crippen LogP contribution in [0.4, 0.5) is 5.82 Å². The Bertz CT molecular complexity index is 279. The summed E-state index contributed by atoms with van der Waals surface area (Å²) < 4.78 is 10.3. The lowest BCUT2D eigenvalue weighted by Crippen LogP contribution is -2.07. The lowest BCUT2D eigenvalue weighted by atomic mass is 10.4. The van der Waals surface area contributed by atoms with Gasteiger partial charge in [-0.2, -0.15) is 4.98 Å². The molecule has 0 saturated carbocycles. The van der Waals surface area contributed by atoms with Gasteiger partial charge < -0.3 is 14.8 Å². The summed E-state index contributed by atoms with van der Waals surface area (Å²) in [5.41, 5.74) is 0. The fourth-order valence-electron chi connectivity index (χ4n) is 1.16. The van der Waals surface area contributed by atoms with Crippen LogP contribution in [-0.4, -0.2) is 31.9 Å². The highest BCUT2D eigenvalue weighted by Crippen LogP contribution is 2.10. The Kier molecular flexibility index (Phi) is 5.55. The predicted octanol–water partition coefficient (Wildman–Crippen LogP) is 1.93. The highest BCUT2D eigenvalue weighted by atomic mass is 16.5. The van der Waals surface area contributed by atoms with E-state index in [9.17, 15) is 0 Å². The van der Waals surface area contributed by atoms with E-state index in [1.807, 2.05) is 25.1 Å². The Hall–Kier alpha value is -1.29. The lowest BCUT2D eigenvalue weighted by molar-refractivity contribution is 0.147. The molecule has 0 aliphatic carbocycles. The zero-order chi connectivity index (χ0) is 10.9. The average molecular weight is 210 g/mol. The molecule has 0 atom stereocenters. The van der Waals surface area contributed by atoms with Crippen LogP contribution in [0.3, 0.4) is 0 Å². The number of ether oxygens (including phenoxy) is 2. The van der Waals surface area contributed by atoms with Crippen molar-refractivity contribution in [2.75, 3.05) is 32.2 Å². The number of hydrogen-bond acceptors (Lipinski definition) is 4. The van der Waals surface area contributed by atoms with Gasteiger partial charge in [-0.1, -0.05) is 6.07 Å². The van der Waals surface area contributed by atoms with Crippen LogP contribution in [0.25, 0.3) is 0 Å². The minimum atomic E-state index is 0.629. The summed E-state index contributed by atoms with van der Waals surface area (Å²) in [6, 6.07) is 5.66. The second kappa shape index (κ2) is 7.06. The molecule has 0 saturated heterocycles. The monoisotopic (exact) mass is 210 g/mol. The normalized spacial score (nSPS) is 10.0. The number of anilines is 1. The molecular formula is C11H18N2O2. The van der Waals surface area contributed by atoms with Gasteiger partial charge in [0.05, 0.1) is 7.11 Å². The highest BCUT2D eigenvalue weighted by molar-refractivity contribution is 5.36. The van der Waals surface area contributed by atoms with Gasteiger partial charge in [0.25, 0.3) is 0 Å². The second-order valence-corrected chi connectivity index (χ2v) is 3.04. The molecule has 0 aromatic carbocycles. The molecule has 4 nitrogen and oxygen atoms in total. The molecule has 15 heavy (non-hydrogen) atoms. The van der Waals surface area contributed by atoms with Crippen LogP contribution in [0.5, 0.6) is 5.88 Å². The first-order valence-corrected chi connectivity index (χ1v) is 5.19. The van der Waals surface area contributed by atoms with Gasteiger partial charge in [0.1, 0.15) is 5.82 Å². The van der Waals surface area contributed by atoms with Crippen molar-refractivity contribution in [2.24, 2.45) is 0 Å². The molecular weight excluding hydrogens is 192 g/mol. The molecule has 1 aromatic rings. The van der Waals surface area contributed by atoms with E-state index in [0.29, 0.717) is 5.88 Å². The molecule has 0 aliphatic rings. The standard InChI is InChI=1S/C11H18N2O2/c1-3-15-9-5-8-12-10-6-4-7-11(13-10)14-2/h4,6-7H,3,5,8-9H2,1-2H3,(H,12,13). The molecule has 0 spiro atoms. The Morgan fingerprint density at radius 3 is 3.00 bits per heavy atom. The van der Waals surface area contributed by atoms with Crippen molar-refractivity contribution in [3.63, 3.8) is 0 Å². The summed E-state index contributed by atoms with van der Waals surface area (Å²) in [6.07, 6.45) is 0.979. The molecule has 1 aromatic heterocycles. The van der Waals surface area contributed by atoms with E-state index in [-0.39, 0.29) is 0 Å². The van der Waals surface area contributed by atoms with E-state index in [1.165, 1.54) is 0 Å². The number of hydrogen-bond donors (Lipinski definition) is 1. The topological polar surface area (TPSA) is 43.4 Å². The van der Waals surface area contributed by atoms with Crippen LogP contribution >= 0.6 is 0 Å².